The fourth-order valence-electron chi connectivity index (χ4n) is 2.91. The molecule has 3 aromatic rings. The molecular formula is C23H24N3O4SY-. The van der Waals surface area contributed by atoms with Gasteiger partial charge in [-0.05, 0) is 29.2 Å². The Kier molecular flexibility index (Phi) is 9.67. The van der Waals surface area contributed by atoms with Gasteiger partial charge in [0.15, 0.2) is 0 Å². The quantitative estimate of drug-likeness (QED) is 0.145. The number of anilines is 1. The maximum atomic E-state index is 13.2. The van der Waals surface area contributed by atoms with Crippen molar-refractivity contribution in [2.75, 3.05) is 11.7 Å². The Labute approximate surface area is 216 Å². The SMILES string of the molecule is CC(C)(C)c1ccc(N(NCOCc2cc[c-]s2)C(=O)c2ccccc2)c([N+](=O)[O-])c1.[Y]. The molecule has 1 heterocycles. The van der Waals surface area contributed by atoms with Gasteiger partial charge in [0.2, 0.25) is 0 Å². The van der Waals surface area contributed by atoms with Crippen molar-refractivity contribution in [3.8, 4) is 0 Å². The molecule has 0 saturated heterocycles. The molecule has 7 nitrogen and oxygen atoms in total. The Balaban J connectivity index is 0.00000363. The molecule has 0 unspecified atom stereocenters. The van der Waals surface area contributed by atoms with Gasteiger partial charge in [0, 0.05) is 50.9 Å². The number of benzene rings is 2. The number of nitrogens with one attached hydrogen (secondary N) is 1. The van der Waals surface area contributed by atoms with Crippen LogP contribution >= 0.6 is 11.3 Å². The van der Waals surface area contributed by atoms with E-state index in [4.69, 9.17) is 4.74 Å². The molecule has 9 heteroatoms. The summed E-state index contributed by atoms with van der Waals surface area (Å²) in [5, 5.41) is 16.0. The minimum atomic E-state index is -0.472. The standard InChI is InChI=1S/C23H24N3O4S.Y/c1-23(2,3)18-11-12-20(21(14-18)26(28)29)25(22(27)17-8-5-4-6-9-17)24-16-30-15-19-10-7-13-31-19;/h4-12,14,24H,15-16H2,1-3H3;/q-1;. The van der Waals surface area contributed by atoms with Crippen LogP contribution in [0.1, 0.15) is 41.6 Å². The predicted molar refractivity (Wildman–Crippen MR) is 121 cm³/mol. The zero-order chi connectivity index (χ0) is 22.4. The Morgan fingerprint density at radius 2 is 1.91 bits per heavy atom. The first-order valence-corrected chi connectivity index (χ1v) is 10.5. The van der Waals surface area contributed by atoms with Crippen LogP contribution in [0, 0.1) is 15.5 Å². The monoisotopic (exact) mass is 527 g/mol. The van der Waals surface area contributed by atoms with Crippen molar-refractivity contribution in [2.24, 2.45) is 0 Å². The summed E-state index contributed by atoms with van der Waals surface area (Å²) in [6, 6.07) is 17.2. The zero-order valence-electron chi connectivity index (χ0n) is 18.2. The van der Waals surface area contributed by atoms with E-state index in [0.717, 1.165) is 10.4 Å². The first-order valence-electron chi connectivity index (χ1n) is 9.72. The Morgan fingerprint density at radius 3 is 2.50 bits per heavy atom. The van der Waals surface area contributed by atoms with E-state index in [1.807, 2.05) is 32.9 Å². The van der Waals surface area contributed by atoms with Gasteiger partial charge in [0.05, 0.1) is 4.92 Å². The van der Waals surface area contributed by atoms with Gasteiger partial charge in [0.25, 0.3) is 11.6 Å². The number of hydrazine groups is 1. The van der Waals surface area contributed by atoms with Crippen molar-refractivity contribution in [3.05, 3.63) is 92.2 Å². The average Bonchev–Trinajstić information content (AvgIpc) is 3.26. The molecule has 0 aliphatic rings. The molecule has 1 N–H and O–H groups in total. The number of hydrogen-bond donors (Lipinski definition) is 1. The van der Waals surface area contributed by atoms with Crippen molar-refractivity contribution in [1.29, 1.82) is 0 Å². The summed E-state index contributed by atoms with van der Waals surface area (Å²) < 4.78 is 5.61. The van der Waals surface area contributed by atoms with Gasteiger partial charge >= 0.3 is 0 Å². The van der Waals surface area contributed by atoms with Crippen LogP contribution in [0.2, 0.25) is 0 Å². The molecule has 0 spiro atoms. The molecule has 0 fully saturated rings. The molecule has 0 aliphatic heterocycles. The van der Waals surface area contributed by atoms with Gasteiger partial charge in [-0.1, -0.05) is 45.0 Å². The topological polar surface area (TPSA) is 84.7 Å². The molecule has 0 bridgehead atoms. The van der Waals surface area contributed by atoms with Gasteiger partial charge < -0.3 is 4.74 Å². The number of rotatable bonds is 8. The van der Waals surface area contributed by atoms with Gasteiger partial charge in [0.1, 0.15) is 12.4 Å². The fraction of sp³-hybridized carbons (Fsp3) is 0.261. The van der Waals surface area contributed by atoms with Crippen LogP contribution in [0.5, 0.6) is 0 Å². The summed E-state index contributed by atoms with van der Waals surface area (Å²) in [6.45, 7) is 6.28. The number of ether oxygens (including phenoxy) is 1. The second-order valence-corrected chi connectivity index (χ2v) is 8.85. The molecule has 2 aromatic carbocycles. The molecule has 0 saturated carbocycles. The van der Waals surface area contributed by atoms with Gasteiger partial charge in [-0.3, -0.25) is 26.2 Å². The number of carbonyl (C=O) groups excluding carboxylic acids is 1. The average molecular weight is 527 g/mol. The number of amides is 1. The molecule has 0 atom stereocenters. The first kappa shape index (κ1) is 26.3. The number of nitro groups is 1. The van der Waals surface area contributed by atoms with Crippen LogP contribution in [0.15, 0.2) is 60.7 Å². The minimum Gasteiger partial charge on any atom is -0.372 e. The number of hydrogen-bond acceptors (Lipinski definition) is 6. The molecule has 1 amide bonds. The second-order valence-electron chi connectivity index (χ2n) is 7.89. The van der Waals surface area contributed by atoms with Crippen molar-refractivity contribution in [3.63, 3.8) is 0 Å². The van der Waals surface area contributed by atoms with Crippen LogP contribution in [0.25, 0.3) is 0 Å². The predicted octanol–water partition coefficient (Wildman–Crippen LogP) is 5.08. The zero-order valence-corrected chi connectivity index (χ0v) is 21.9. The maximum absolute atomic E-state index is 13.2. The number of carbonyl (C=O) groups is 1. The van der Waals surface area contributed by atoms with Crippen LogP contribution in [-0.2, 0) is 49.5 Å². The van der Waals surface area contributed by atoms with E-state index in [1.54, 1.807) is 42.5 Å². The molecular weight excluding hydrogens is 503 g/mol. The molecule has 1 radical (unpaired) electrons. The molecule has 32 heavy (non-hydrogen) atoms. The number of nitro benzene ring substituents is 1. The third-order valence-electron chi connectivity index (χ3n) is 4.60. The van der Waals surface area contributed by atoms with E-state index in [0.29, 0.717) is 12.2 Å². The summed E-state index contributed by atoms with van der Waals surface area (Å²) in [5.41, 5.74) is 3.83. The van der Waals surface area contributed by atoms with Crippen LogP contribution < -0.4 is 10.4 Å². The Bertz CT molecular complexity index is 1040. The second kappa shape index (κ2) is 11.8. The van der Waals surface area contributed by atoms with E-state index in [1.165, 1.54) is 22.4 Å². The van der Waals surface area contributed by atoms with Crippen molar-refractivity contribution >= 4 is 28.6 Å². The summed E-state index contributed by atoms with van der Waals surface area (Å²) in [5.74, 6) is -0.416. The van der Waals surface area contributed by atoms with E-state index < -0.39 is 10.8 Å². The van der Waals surface area contributed by atoms with Crippen molar-refractivity contribution < 1.29 is 47.2 Å². The van der Waals surface area contributed by atoms with E-state index in [2.05, 4.69) is 10.8 Å². The van der Waals surface area contributed by atoms with E-state index in [9.17, 15) is 14.9 Å². The first-order chi connectivity index (χ1) is 14.8. The third kappa shape index (κ3) is 6.76. The van der Waals surface area contributed by atoms with Gasteiger partial charge in [-0.2, -0.15) is 12.1 Å². The van der Waals surface area contributed by atoms with Crippen molar-refractivity contribution in [1.82, 2.24) is 5.43 Å². The summed E-state index contributed by atoms with van der Waals surface area (Å²) in [4.78, 5) is 25.6. The smallest absolute Gasteiger partial charge is 0.294 e. The number of nitrogens with zero attached hydrogens (tertiary/aromatic N) is 2. The molecule has 1 aromatic heterocycles. The largest absolute Gasteiger partial charge is 0.372 e. The van der Waals surface area contributed by atoms with Crippen LogP contribution in [0.3, 0.4) is 0 Å². The van der Waals surface area contributed by atoms with E-state index >= 15 is 0 Å². The number of thiophene rings is 1. The minimum absolute atomic E-state index is 0. The maximum Gasteiger partial charge on any atom is 0.294 e. The summed E-state index contributed by atoms with van der Waals surface area (Å²) >= 11 is 1.44. The Hall–Kier alpha value is -1.97. The van der Waals surface area contributed by atoms with Gasteiger partial charge in [-0.25, -0.2) is 10.4 Å². The summed E-state index contributed by atoms with van der Waals surface area (Å²) in [6.07, 6.45) is 0. The van der Waals surface area contributed by atoms with Crippen molar-refractivity contribution in [2.45, 2.75) is 32.8 Å². The molecule has 3 rings (SSSR count). The Morgan fingerprint density at radius 1 is 1.19 bits per heavy atom. The summed E-state index contributed by atoms with van der Waals surface area (Å²) in [7, 11) is 0. The third-order valence-corrected chi connectivity index (χ3v) is 5.37. The molecule has 165 valence electrons. The van der Waals surface area contributed by atoms with Crippen LogP contribution in [-0.4, -0.2) is 17.6 Å². The normalized spacial score (nSPS) is 11.0. The van der Waals surface area contributed by atoms with E-state index in [-0.39, 0.29) is 56.2 Å². The van der Waals surface area contributed by atoms with Crippen LogP contribution in [0.4, 0.5) is 11.4 Å². The van der Waals surface area contributed by atoms with Gasteiger partial charge in [-0.15, -0.1) is 10.3 Å². The molecule has 0 aliphatic carbocycles. The fourth-order valence-corrected chi connectivity index (χ4v) is 3.48.